The van der Waals surface area contributed by atoms with Crippen LogP contribution in [-0.2, 0) is 30.8 Å². The van der Waals surface area contributed by atoms with Gasteiger partial charge in [-0.05, 0) is 89.8 Å². The summed E-state index contributed by atoms with van der Waals surface area (Å²) in [5.74, 6) is 0.157. The van der Waals surface area contributed by atoms with Crippen molar-refractivity contribution in [2.45, 2.75) is 206 Å². The number of aromatic nitrogens is 4. The van der Waals surface area contributed by atoms with Gasteiger partial charge in [-0.25, -0.2) is 0 Å². The minimum atomic E-state index is -2.63. The molecule has 0 spiro atoms. The molecule has 0 aliphatic rings. The van der Waals surface area contributed by atoms with E-state index >= 15 is 0 Å². The zero-order valence-corrected chi connectivity index (χ0v) is 47.3. The summed E-state index contributed by atoms with van der Waals surface area (Å²) in [5.41, 5.74) is -0.789. The fourth-order valence-corrected chi connectivity index (χ4v) is 11.0. The third-order valence-corrected chi connectivity index (χ3v) is 32.4. The van der Waals surface area contributed by atoms with Crippen molar-refractivity contribution < 1.29 is 27.2 Å². The van der Waals surface area contributed by atoms with Crippen molar-refractivity contribution in [3.05, 3.63) is 20.7 Å². The predicted octanol–water partition coefficient (Wildman–Crippen LogP) is 10.8. The van der Waals surface area contributed by atoms with Crippen molar-refractivity contribution in [1.82, 2.24) is 19.1 Å². The summed E-state index contributed by atoms with van der Waals surface area (Å²) in [6.07, 6.45) is 0.609. The minimum absolute atomic E-state index is 0.0236. The van der Waals surface area contributed by atoms with Gasteiger partial charge in [-0.3, -0.25) is 18.7 Å². The third kappa shape index (κ3) is 13.3. The van der Waals surface area contributed by atoms with Gasteiger partial charge in [0.2, 0.25) is 5.88 Å². The zero-order valence-electron chi connectivity index (χ0n) is 41.1. The molecule has 0 fully saturated rings. The van der Waals surface area contributed by atoms with E-state index in [1.807, 2.05) is 0 Å². The van der Waals surface area contributed by atoms with E-state index in [1.54, 1.807) is 0 Å². The van der Waals surface area contributed by atoms with E-state index in [-0.39, 0.29) is 50.8 Å². The molecule has 2 heterocycles. The van der Waals surface area contributed by atoms with Gasteiger partial charge in [0.25, 0.3) is 0 Å². The van der Waals surface area contributed by atoms with Gasteiger partial charge in [0, 0.05) is 6.54 Å². The highest BCUT2D eigenvalue weighted by atomic mass is 127. The summed E-state index contributed by atoms with van der Waals surface area (Å²) in [7, 11) is -7.04. The first kappa shape index (κ1) is 54.2. The van der Waals surface area contributed by atoms with Crippen LogP contribution in [0.1, 0.15) is 102 Å². The molecule has 59 heavy (non-hydrogen) atoms. The topological polar surface area (TPSA) is 125 Å². The van der Waals surface area contributed by atoms with Crippen molar-refractivity contribution in [2.75, 3.05) is 25.3 Å². The lowest BCUT2D eigenvalue weighted by atomic mass is 10.1. The lowest BCUT2D eigenvalue weighted by Gasteiger charge is -2.49. The molecule has 0 saturated heterocycles. The van der Waals surface area contributed by atoms with Gasteiger partial charge < -0.3 is 27.2 Å². The number of rotatable bonds is 20. The Balaban J connectivity index is 3.22. The molecule has 342 valence electrons. The molecular formula is C42H83IN4O8Si4. The van der Waals surface area contributed by atoms with E-state index in [1.165, 1.54) is 23.4 Å². The van der Waals surface area contributed by atoms with Crippen LogP contribution < -0.4 is 20.6 Å². The van der Waals surface area contributed by atoms with E-state index in [2.05, 4.69) is 163 Å². The van der Waals surface area contributed by atoms with Crippen LogP contribution in [0.3, 0.4) is 0 Å². The van der Waals surface area contributed by atoms with Gasteiger partial charge in [0.05, 0.1) is 45.7 Å². The Kier molecular flexibility index (Phi) is 18.2. The van der Waals surface area contributed by atoms with Gasteiger partial charge in [-0.1, -0.05) is 112 Å². The van der Waals surface area contributed by atoms with Crippen molar-refractivity contribution in [2.24, 2.45) is 0 Å². The molecule has 2 rings (SSSR count). The standard InChI is InChI=1S/C42H83IN4O8Si4/c1-39(2,3)56(15,16)52-29-31(54-58(19,20)41(7,8)9)33(55-59(21,22)42(10,11)12)30(53-57(17,18)40(4,5)6)28-47-34-32(35(50-13)45-38(44-34)51-14)46(36(48)37(47)49)27-25-23-24-26-43/h30-31,33H,23-29H2,1-22H3/t30-,31+,33-/m0/s1. The van der Waals surface area contributed by atoms with Crippen LogP contribution in [-0.4, -0.2) is 95.9 Å². The molecule has 0 radical (unpaired) electrons. The van der Waals surface area contributed by atoms with Crippen LogP contribution in [0, 0.1) is 0 Å². The molecule has 0 unspecified atom stereocenters. The predicted molar refractivity (Wildman–Crippen MR) is 263 cm³/mol. The highest BCUT2D eigenvalue weighted by Crippen LogP contribution is 2.44. The number of alkyl halides is 1. The molecular weight excluding hydrogens is 928 g/mol. The van der Waals surface area contributed by atoms with Crippen molar-refractivity contribution in [1.29, 1.82) is 0 Å². The average molecular weight is 1010 g/mol. The van der Waals surface area contributed by atoms with E-state index in [9.17, 15) is 9.59 Å². The Morgan fingerprint density at radius 2 is 1.05 bits per heavy atom. The van der Waals surface area contributed by atoms with Gasteiger partial charge in [0.15, 0.2) is 44.4 Å². The number of ether oxygens (including phenoxy) is 2. The molecule has 2 aromatic rings. The molecule has 0 bridgehead atoms. The summed E-state index contributed by atoms with van der Waals surface area (Å²) in [5, 5.41) is -0.559. The molecule has 3 atom stereocenters. The second-order valence-corrected chi connectivity index (χ2v) is 42.4. The van der Waals surface area contributed by atoms with Gasteiger partial charge in [0.1, 0.15) is 0 Å². The maximum absolute atomic E-state index is 14.7. The summed E-state index contributed by atoms with van der Waals surface area (Å²) in [6, 6.07) is 0.0236. The van der Waals surface area contributed by atoms with E-state index < -0.39 is 62.7 Å². The second kappa shape index (κ2) is 19.8. The van der Waals surface area contributed by atoms with Crippen LogP contribution in [0.5, 0.6) is 11.9 Å². The molecule has 0 N–H and O–H groups in total. The van der Waals surface area contributed by atoms with Crippen LogP contribution in [0.25, 0.3) is 11.2 Å². The Labute approximate surface area is 375 Å². The normalized spacial score (nSPS) is 15.7. The first-order chi connectivity index (χ1) is 26.5. The number of hydrogen-bond acceptors (Lipinski definition) is 10. The van der Waals surface area contributed by atoms with E-state index in [4.69, 9.17) is 32.2 Å². The number of halogens is 1. The molecule has 0 aromatic carbocycles. The number of fused-ring (bicyclic) bond motifs is 1. The largest absolute Gasteiger partial charge is 0.479 e. The third-order valence-electron chi connectivity index (χ3n) is 13.7. The average Bonchev–Trinajstić information content (AvgIpc) is 3.07. The van der Waals surface area contributed by atoms with Crippen LogP contribution in [0.4, 0.5) is 0 Å². The van der Waals surface area contributed by atoms with Crippen LogP contribution in [0.15, 0.2) is 9.59 Å². The Morgan fingerprint density at radius 1 is 0.593 bits per heavy atom. The minimum Gasteiger partial charge on any atom is -0.479 e. The molecule has 0 amide bonds. The number of unbranched alkanes of at least 4 members (excludes halogenated alkanes) is 2. The maximum Gasteiger partial charge on any atom is 0.321 e. The van der Waals surface area contributed by atoms with Gasteiger partial charge in [-0.15, -0.1) is 0 Å². The van der Waals surface area contributed by atoms with Crippen LogP contribution >= 0.6 is 22.6 Å². The summed E-state index contributed by atoms with van der Waals surface area (Å²) < 4.78 is 45.1. The summed E-state index contributed by atoms with van der Waals surface area (Å²) in [4.78, 5) is 38.4. The smallest absolute Gasteiger partial charge is 0.321 e. The van der Waals surface area contributed by atoms with Gasteiger partial charge in [-0.2, -0.15) is 9.97 Å². The van der Waals surface area contributed by atoms with Crippen molar-refractivity contribution in [3.8, 4) is 11.9 Å². The molecule has 0 saturated carbocycles. The Morgan fingerprint density at radius 3 is 1.49 bits per heavy atom. The van der Waals surface area contributed by atoms with Crippen LogP contribution in [0.2, 0.25) is 72.5 Å². The van der Waals surface area contributed by atoms with Crippen molar-refractivity contribution in [3.63, 3.8) is 0 Å². The van der Waals surface area contributed by atoms with Crippen molar-refractivity contribution >= 4 is 67.0 Å². The number of hydrogen-bond donors (Lipinski definition) is 0. The van der Waals surface area contributed by atoms with E-state index in [0.29, 0.717) is 18.5 Å². The summed E-state index contributed by atoms with van der Waals surface area (Å²) >= 11 is 2.36. The fourth-order valence-electron chi connectivity index (χ4n) is 5.52. The first-order valence-electron chi connectivity index (χ1n) is 21.4. The molecule has 0 aliphatic carbocycles. The lowest BCUT2D eigenvalue weighted by Crippen LogP contribution is -2.61. The summed E-state index contributed by atoms with van der Waals surface area (Å²) in [6.45, 7) is 45.2. The Hall–Kier alpha value is -0.942. The molecule has 0 aliphatic heterocycles. The molecule has 12 nitrogen and oxygen atoms in total. The second-order valence-electron chi connectivity index (χ2n) is 22.3. The van der Waals surface area contributed by atoms with Gasteiger partial charge >= 0.3 is 17.1 Å². The fraction of sp³-hybridized carbons (Fsp3) is 0.857. The zero-order chi connectivity index (χ0) is 46.0. The molecule has 2 aromatic heterocycles. The van der Waals surface area contributed by atoms with E-state index in [0.717, 1.165) is 17.3 Å². The lowest BCUT2D eigenvalue weighted by molar-refractivity contribution is -0.0609. The quantitative estimate of drug-likeness (QED) is 0.0416. The number of methoxy groups -OCH3 is 2. The number of nitrogens with zero attached hydrogens (tertiary/aromatic N) is 4. The highest BCUT2D eigenvalue weighted by Gasteiger charge is 2.50. The maximum atomic E-state index is 14.7. The molecule has 17 heteroatoms. The number of aryl methyl sites for hydroxylation is 1. The first-order valence-corrected chi connectivity index (χ1v) is 34.5. The Bertz CT molecular complexity index is 1820. The SMILES string of the molecule is COc1nc(OC)c2c(n1)n(C[C@H](O[Si](C)(C)C(C)(C)C)[C@H](O[Si](C)(C)C(C)(C)C)[C@@H](CO[Si](C)(C)C(C)(C)C)O[Si](C)(C)C(C)(C)C)c(=O)c(=O)n2CCCCCI. The highest BCUT2D eigenvalue weighted by molar-refractivity contribution is 14.1. The monoisotopic (exact) mass is 1010 g/mol.